The zero-order chi connectivity index (χ0) is 13.8. The van der Waals surface area contributed by atoms with E-state index >= 15 is 0 Å². The van der Waals surface area contributed by atoms with Crippen LogP contribution in [0.1, 0.15) is 27.8 Å². The zero-order valence-corrected chi connectivity index (χ0v) is 12.0. The molecule has 19 heavy (non-hydrogen) atoms. The van der Waals surface area contributed by atoms with E-state index < -0.39 is 0 Å². The van der Waals surface area contributed by atoms with Gasteiger partial charge in [-0.25, -0.2) is 0 Å². The van der Waals surface area contributed by atoms with E-state index in [4.69, 9.17) is 0 Å². The van der Waals surface area contributed by atoms with Crippen LogP contribution in [-0.4, -0.2) is 6.72 Å². The second kappa shape index (κ2) is 5.83. The first kappa shape index (κ1) is 13.5. The van der Waals surface area contributed by atoms with Gasteiger partial charge in [0.2, 0.25) is 0 Å². The van der Waals surface area contributed by atoms with Crippen molar-refractivity contribution in [2.75, 3.05) is 0 Å². The summed E-state index contributed by atoms with van der Waals surface area (Å²) >= 11 is 0. The van der Waals surface area contributed by atoms with Gasteiger partial charge in [-0.05, 0) is 68.7 Å². The summed E-state index contributed by atoms with van der Waals surface area (Å²) in [7, 11) is 0. The van der Waals surface area contributed by atoms with E-state index in [-0.39, 0.29) is 0 Å². The molecule has 2 aromatic carbocycles. The van der Waals surface area contributed by atoms with Crippen LogP contribution in [0.25, 0.3) is 0 Å². The Kier molecular flexibility index (Phi) is 4.16. The lowest BCUT2D eigenvalue weighted by Gasteiger charge is -2.11. The van der Waals surface area contributed by atoms with Crippen molar-refractivity contribution in [3.63, 3.8) is 0 Å². The maximum atomic E-state index is 4.13. The van der Waals surface area contributed by atoms with Crippen molar-refractivity contribution in [2.45, 2.75) is 33.6 Å². The van der Waals surface area contributed by atoms with Crippen LogP contribution in [0.2, 0.25) is 0 Å². The van der Waals surface area contributed by atoms with Crippen LogP contribution in [0.4, 0.5) is 5.69 Å². The quantitative estimate of drug-likeness (QED) is 0.697. The fourth-order valence-corrected chi connectivity index (χ4v) is 2.55. The minimum Gasteiger partial charge on any atom is -0.264 e. The van der Waals surface area contributed by atoms with E-state index in [9.17, 15) is 0 Å². The van der Waals surface area contributed by atoms with Gasteiger partial charge < -0.3 is 0 Å². The number of aryl methyl sites for hydroxylation is 4. The lowest BCUT2D eigenvalue weighted by molar-refractivity contribution is 0.938. The second-order valence-corrected chi connectivity index (χ2v) is 5.16. The summed E-state index contributed by atoms with van der Waals surface area (Å²) in [4.78, 5) is 4.13. The number of hydrogen-bond donors (Lipinski definition) is 0. The predicted octanol–water partition coefficient (Wildman–Crippen LogP) is 4.73. The molecule has 0 unspecified atom stereocenters. The van der Waals surface area contributed by atoms with Crippen LogP contribution < -0.4 is 0 Å². The van der Waals surface area contributed by atoms with Crippen LogP contribution in [-0.2, 0) is 12.8 Å². The Morgan fingerprint density at radius 1 is 0.947 bits per heavy atom. The van der Waals surface area contributed by atoms with Crippen LogP contribution >= 0.6 is 0 Å². The van der Waals surface area contributed by atoms with E-state index in [0.717, 1.165) is 18.5 Å². The molecule has 0 saturated carbocycles. The first-order valence-corrected chi connectivity index (χ1v) is 6.73. The molecule has 0 heterocycles. The number of aliphatic imine (C=N–C) groups is 1. The molecular weight excluding hydrogens is 230 g/mol. The van der Waals surface area contributed by atoms with Gasteiger partial charge in [0.1, 0.15) is 0 Å². The third-order valence-corrected chi connectivity index (χ3v) is 3.70. The maximum Gasteiger partial charge on any atom is 0.0657 e. The van der Waals surface area contributed by atoms with Gasteiger partial charge in [-0.2, -0.15) is 0 Å². The number of rotatable bonds is 4. The first-order chi connectivity index (χ1) is 9.11. The molecule has 0 N–H and O–H groups in total. The monoisotopic (exact) mass is 251 g/mol. The minimum atomic E-state index is 1.02. The molecule has 0 aromatic heterocycles. The van der Waals surface area contributed by atoms with E-state index in [1.807, 2.05) is 12.1 Å². The highest BCUT2D eigenvalue weighted by Gasteiger charge is 2.06. The van der Waals surface area contributed by atoms with E-state index in [2.05, 4.69) is 56.7 Å². The Labute approximate surface area is 116 Å². The van der Waals surface area contributed by atoms with Gasteiger partial charge in [-0.3, -0.25) is 4.99 Å². The second-order valence-electron chi connectivity index (χ2n) is 5.16. The minimum absolute atomic E-state index is 1.02. The number of hydrogen-bond acceptors (Lipinski definition) is 1. The van der Waals surface area contributed by atoms with Crippen LogP contribution in [0.5, 0.6) is 0 Å². The Hall–Kier alpha value is -1.89. The van der Waals surface area contributed by atoms with Gasteiger partial charge in [-0.15, -0.1) is 0 Å². The number of benzene rings is 2. The summed E-state index contributed by atoms with van der Waals surface area (Å²) in [6, 6.07) is 12.9. The summed E-state index contributed by atoms with van der Waals surface area (Å²) < 4.78 is 0. The highest BCUT2D eigenvalue weighted by molar-refractivity contribution is 5.54. The van der Waals surface area contributed by atoms with E-state index in [0.29, 0.717) is 0 Å². The average molecular weight is 251 g/mol. The smallest absolute Gasteiger partial charge is 0.0657 e. The average Bonchev–Trinajstić information content (AvgIpc) is 2.39. The van der Waals surface area contributed by atoms with Crippen molar-refractivity contribution in [3.05, 3.63) is 64.2 Å². The molecule has 1 nitrogen and oxygen atoms in total. The normalized spacial score (nSPS) is 10.5. The van der Waals surface area contributed by atoms with Crippen LogP contribution in [0, 0.1) is 20.8 Å². The molecule has 0 bridgehead atoms. The molecule has 0 spiro atoms. The largest absolute Gasteiger partial charge is 0.264 e. The predicted molar refractivity (Wildman–Crippen MR) is 83.7 cm³/mol. The fourth-order valence-electron chi connectivity index (χ4n) is 2.55. The molecule has 0 radical (unpaired) electrons. The summed E-state index contributed by atoms with van der Waals surface area (Å²) in [5.74, 6) is 0. The Balaban J connectivity index is 2.21. The number of nitrogens with zero attached hydrogens (tertiary/aromatic N) is 1. The topological polar surface area (TPSA) is 12.4 Å². The Bertz CT molecular complexity index is 597. The molecular formula is C18H21N. The molecule has 0 aliphatic heterocycles. The SMILES string of the molecule is C=Nc1cccc(C)c1CCc1ccc(C)cc1C. The van der Waals surface area contributed by atoms with Gasteiger partial charge in [0.05, 0.1) is 5.69 Å². The summed E-state index contributed by atoms with van der Waals surface area (Å²) in [5.41, 5.74) is 7.76. The van der Waals surface area contributed by atoms with Crippen molar-refractivity contribution >= 4 is 12.4 Å². The molecule has 0 amide bonds. The summed E-state index contributed by atoms with van der Waals surface area (Å²) in [6.07, 6.45) is 2.07. The van der Waals surface area contributed by atoms with Gasteiger partial charge in [-0.1, -0.05) is 35.9 Å². The van der Waals surface area contributed by atoms with Gasteiger partial charge in [0.15, 0.2) is 0 Å². The maximum absolute atomic E-state index is 4.13. The molecule has 0 atom stereocenters. The summed E-state index contributed by atoms with van der Waals surface area (Å²) in [5, 5.41) is 0. The Morgan fingerprint density at radius 3 is 2.42 bits per heavy atom. The Morgan fingerprint density at radius 2 is 1.74 bits per heavy atom. The fraction of sp³-hybridized carbons (Fsp3) is 0.278. The van der Waals surface area contributed by atoms with Crippen LogP contribution in [0.15, 0.2) is 41.4 Å². The van der Waals surface area contributed by atoms with Crippen molar-refractivity contribution in [1.29, 1.82) is 0 Å². The third kappa shape index (κ3) is 3.11. The molecule has 0 fully saturated rings. The van der Waals surface area contributed by atoms with Crippen LogP contribution in [0.3, 0.4) is 0 Å². The van der Waals surface area contributed by atoms with E-state index in [1.165, 1.54) is 27.8 Å². The third-order valence-electron chi connectivity index (χ3n) is 3.70. The van der Waals surface area contributed by atoms with Crippen molar-refractivity contribution in [1.82, 2.24) is 0 Å². The first-order valence-electron chi connectivity index (χ1n) is 6.73. The molecule has 98 valence electrons. The highest BCUT2D eigenvalue weighted by atomic mass is 14.7. The van der Waals surface area contributed by atoms with E-state index in [1.54, 1.807) is 0 Å². The highest BCUT2D eigenvalue weighted by Crippen LogP contribution is 2.24. The lowest BCUT2D eigenvalue weighted by atomic mass is 9.96. The zero-order valence-electron chi connectivity index (χ0n) is 12.0. The standard InChI is InChI=1S/C18H21N/c1-13-8-9-16(15(3)12-13)10-11-17-14(2)6-5-7-18(17)19-4/h5-9,12H,4,10-11H2,1-3H3. The lowest BCUT2D eigenvalue weighted by Crippen LogP contribution is -1.97. The van der Waals surface area contributed by atoms with Crippen molar-refractivity contribution in [3.8, 4) is 0 Å². The van der Waals surface area contributed by atoms with Crippen molar-refractivity contribution < 1.29 is 0 Å². The van der Waals surface area contributed by atoms with Gasteiger partial charge in [0.25, 0.3) is 0 Å². The molecule has 1 heteroatoms. The molecule has 0 saturated heterocycles. The molecule has 0 aliphatic carbocycles. The molecule has 2 aromatic rings. The molecule has 2 rings (SSSR count). The summed E-state index contributed by atoms with van der Waals surface area (Å²) in [6.45, 7) is 10.1. The molecule has 0 aliphatic rings. The van der Waals surface area contributed by atoms with Gasteiger partial charge >= 0.3 is 0 Å². The van der Waals surface area contributed by atoms with Gasteiger partial charge in [0, 0.05) is 0 Å². The van der Waals surface area contributed by atoms with Crippen molar-refractivity contribution in [2.24, 2.45) is 4.99 Å².